The van der Waals surface area contributed by atoms with E-state index in [1.54, 1.807) is 25.1 Å². The normalized spacial score (nSPS) is 16.5. The predicted octanol–water partition coefficient (Wildman–Crippen LogP) is 1.30. The zero-order valence-corrected chi connectivity index (χ0v) is 13.1. The van der Waals surface area contributed by atoms with Gasteiger partial charge in [0.15, 0.2) is 0 Å². The summed E-state index contributed by atoms with van der Waals surface area (Å²) in [5.41, 5.74) is 1.98. The minimum absolute atomic E-state index is 0.0275. The molecule has 1 aromatic carbocycles. The summed E-state index contributed by atoms with van der Waals surface area (Å²) in [6.45, 7) is 3.54. The lowest BCUT2D eigenvalue weighted by Gasteiger charge is -2.22. The summed E-state index contributed by atoms with van der Waals surface area (Å²) in [5, 5.41) is 6.13. The van der Waals surface area contributed by atoms with Crippen LogP contribution in [-0.4, -0.2) is 33.7 Å². The van der Waals surface area contributed by atoms with E-state index in [1.807, 2.05) is 0 Å². The number of piperidine rings is 1. The molecule has 1 fully saturated rings. The number of amides is 1. The Morgan fingerprint density at radius 3 is 2.52 bits per heavy atom. The minimum Gasteiger partial charge on any atom is -0.326 e. The van der Waals surface area contributed by atoms with Gasteiger partial charge in [-0.05, 0) is 56.6 Å². The van der Waals surface area contributed by atoms with Crippen LogP contribution in [0.1, 0.15) is 18.4 Å². The lowest BCUT2D eigenvalue weighted by molar-refractivity contribution is -0.120. The van der Waals surface area contributed by atoms with Crippen molar-refractivity contribution in [3.8, 4) is 0 Å². The monoisotopic (exact) mass is 311 g/mol. The van der Waals surface area contributed by atoms with Crippen LogP contribution in [0.25, 0.3) is 0 Å². The summed E-state index contributed by atoms with van der Waals surface area (Å²) < 4.78 is 24.9. The van der Waals surface area contributed by atoms with Gasteiger partial charge in [0.2, 0.25) is 15.9 Å². The van der Waals surface area contributed by atoms with Crippen molar-refractivity contribution in [2.75, 3.05) is 29.4 Å². The third-order valence-electron chi connectivity index (χ3n) is 3.50. The fourth-order valence-electron chi connectivity index (χ4n) is 2.38. The molecule has 3 N–H and O–H groups in total. The van der Waals surface area contributed by atoms with Gasteiger partial charge in [-0.1, -0.05) is 0 Å². The van der Waals surface area contributed by atoms with Gasteiger partial charge in [0.1, 0.15) is 0 Å². The molecule has 0 bridgehead atoms. The fraction of sp³-hybridized carbons (Fsp3) is 0.500. The van der Waals surface area contributed by atoms with Crippen molar-refractivity contribution in [3.05, 3.63) is 23.8 Å². The second kappa shape index (κ2) is 6.44. The van der Waals surface area contributed by atoms with Crippen molar-refractivity contribution in [1.82, 2.24) is 5.32 Å². The fourth-order valence-corrected chi connectivity index (χ4v) is 3.01. The van der Waals surface area contributed by atoms with Crippen molar-refractivity contribution in [1.29, 1.82) is 0 Å². The van der Waals surface area contributed by atoms with Crippen LogP contribution in [0.5, 0.6) is 0 Å². The molecule has 1 aliphatic rings. The van der Waals surface area contributed by atoms with E-state index in [0.29, 0.717) is 11.4 Å². The number of carbonyl (C=O) groups excluding carboxylic acids is 1. The lowest BCUT2D eigenvalue weighted by atomic mass is 9.97. The van der Waals surface area contributed by atoms with E-state index in [2.05, 4.69) is 15.4 Å². The summed E-state index contributed by atoms with van der Waals surface area (Å²) >= 11 is 0. The van der Waals surface area contributed by atoms with Gasteiger partial charge in [0.25, 0.3) is 0 Å². The van der Waals surface area contributed by atoms with Gasteiger partial charge in [0.05, 0.1) is 11.9 Å². The maximum absolute atomic E-state index is 12.1. The van der Waals surface area contributed by atoms with Crippen molar-refractivity contribution in [2.24, 2.45) is 5.92 Å². The first kappa shape index (κ1) is 15.8. The molecule has 1 aromatic rings. The Bertz CT molecular complexity index is 622. The summed E-state index contributed by atoms with van der Waals surface area (Å²) in [6, 6.07) is 5.14. The predicted molar refractivity (Wildman–Crippen MR) is 83.9 cm³/mol. The number of benzene rings is 1. The van der Waals surface area contributed by atoms with Crippen LogP contribution >= 0.6 is 0 Å². The van der Waals surface area contributed by atoms with Gasteiger partial charge in [-0.15, -0.1) is 0 Å². The quantitative estimate of drug-likeness (QED) is 0.782. The molecule has 0 aromatic heterocycles. The number of carbonyl (C=O) groups is 1. The minimum atomic E-state index is -3.30. The number of hydrogen-bond acceptors (Lipinski definition) is 4. The largest absolute Gasteiger partial charge is 0.326 e. The number of anilines is 2. The van der Waals surface area contributed by atoms with Crippen LogP contribution < -0.4 is 15.4 Å². The maximum atomic E-state index is 12.1. The van der Waals surface area contributed by atoms with Gasteiger partial charge in [-0.2, -0.15) is 0 Å². The highest BCUT2D eigenvalue weighted by atomic mass is 32.2. The number of rotatable bonds is 4. The average Bonchev–Trinajstić information content (AvgIpc) is 2.41. The molecule has 1 heterocycles. The zero-order valence-electron chi connectivity index (χ0n) is 12.3. The van der Waals surface area contributed by atoms with E-state index in [1.165, 1.54) is 0 Å². The Morgan fingerprint density at radius 1 is 1.29 bits per heavy atom. The van der Waals surface area contributed by atoms with E-state index in [-0.39, 0.29) is 11.8 Å². The molecule has 1 saturated heterocycles. The molecule has 0 saturated carbocycles. The van der Waals surface area contributed by atoms with E-state index >= 15 is 0 Å². The highest BCUT2D eigenvalue weighted by molar-refractivity contribution is 7.92. The van der Waals surface area contributed by atoms with Gasteiger partial charge in [-0.3, -0.25) is 9.52 Å². The van der Waals surface area contributed by atoms with Gasteiger partial charge in [-0.25, -0.2) is 8.42 Å². The van der Waals surface area contributed by atoms with Crippen molar-refractivity contribution >= 4 is 27.3 Å². The van der Waals surface area contributed by atoms with Crippen molar-refractivity contribution in [3.63, 3.8) is 0 Å². The number of nitrogens with one attached hydrogen (secondary N) is 3. The second-order valence-corrected chi connectivity index (χ2v) is 7.17. The molecule has 1 aliphatic heterocycles. The van der Waals surface area contributed by atoms with E-state index in [4.69, 9.17) is 0 Å². The molecule has 21 heavy (non-hydrogen) atoms. The van der Waals surface area contributed by atoms with Crippen LogP contribution in [0.15, 0.2) is 18.2 Å². The van der Waals surface area contributed by atoms with Crippen LogP contribution in [0, 0.1) is 12.8 Å². The van der Waals surface area contributed by atoms with Crippen LogP contribution in [0.4, 0.5) is 11.4 Å². The first-order valence-corrected chi connectivity index (χ1v) is 8.84. The van der Waals surface area contributed by atoms with Crippen molar-refractivity contribution in [2.45, 2.75) is 19.8 Å². The Labute approximate surface area is 125 Å². The lowest BCUT2D eigenvalue weighted by Crippen LogP contribution is -2.34. The maximum Gasteiger partial charge on any atom is 0.229 e. The highest BCUT2D eigenvalue weighted by Crippen LogP contribution is 2.22. The molecular formula is C14H21N3O3S. The molecular weight excluding hydrogens is 290 g/mol. The molecule has 7 heteroatoms. The average molecular weight is 311 g/mol. The topological polar surface area (TPSA) is 87.3 Å². The molecule has 6 nitrogen and oxygen atoms in total. The Morgan fingerprint density at radius 2 is 1.95 bits per heavy atom. The second-order valence-electron chi connectivity index (χ2n) is 5.42. The van der Waals surface area contributed by atoms with E-state index in [9.17, 15) is 13.2 Å². The highest BCUT2D eigenvalue weighted by Gasteiger charge is 2.20. The third-order valence-corrected chi connectivity index (χ3v) is 4.09. The summed E-state index contributed by atoms with van der Waals surface area (Å²) in [6.07, 6.45) is 2.80. The number of sulfonamides is 1. The van der Waals surface area contributed by atoms with Crippen LogP contribution in [0.2, 0.25) is 0 Å². The van der Waals surface area contributed by atoms with E-state index < -0.39 is 10.0 Å². The Balaban J connectivity index is 2.04. The molecule has 0 radical (unpaired) electrons. The van der Waals surface area contributed by atoms with Gasteiger partial charge in [0, 0.05) is 11.6 Å². The number of hydrogen-bond donors (Lipinski definition) is 3. The molecule has 0 aliphatic carbocycles. The molecule has 116 valence electrons. The van der Waals surface area contributed by atoms with Crippen LogP contribution in [-0.2, 0) is 14.8 Å². The summed E-state index contributed by atoms with van der Waals surface area (Å²) in [5.74, 6) is 0.0695. The van der Waals surface area contributed by atoms with Gasteiger partial charge < -0.3 is 10.6 Å². The molecule has 1 amide bonds. The molecule has 0 unspecified atom stereocenters. The van der Waals surface area contributed by atoms with E-state index in [0.717, 1.165) is 37.8 Å². The summed E-state index contributed by atoms with van der Waals surface area (Å²) in [4.78, 5) is 12.1. The van der Waals surface area contributed by atoms with Crippen LogP contribution in [0.3, 0.4) is 0 Å². The Hall–Kier alpha value is -1.60. The Kier molecular flexibility index (Phi) is 4.84. The SMILES string of the molecule is Cc1cc(NC(=O)C2CCNCC2)ccc1NS(C)(=O)=O. The molecule has 0 atom stereocenters. The smallest absolute Gasteiger partial charge is 0.229 e. The zero-order chi connectivity index (χ0) is 15.5. The first-order chi connectivity index (χ1) is 9.85. The molecule has 0 spiro atoms. The third kappa shape index (κ3) is 4.71. The van der Waals surface area contributed by atoms with Gasteiger partial charge >= 0.3 is 0 Å². The number of aryl methyl sites for hydroxylation is 1. The summed E-state index contributed by atoms with van der Waals surface area (Å²) in [7, 11) is -3.30. The molecule has 2 rings (SSSR count). The standard InChI is InChI=1S/C14H21N3O3S/c1-10-9-12(3-4-13(10)17-21(2,19)20)16-14(18)11-5-7-15-8-6-11/h3-4,9,11,15,17H,5-8H2,1-2H3,(H,16,18). The first-order valence-electron chi connectivity index (χ1n) is 6.95. The van der Waals surface area contributed by atoms with Crippen molar-refractivity contribution < 1.29 is 13.2 Å².